The summed E-state index contributed by atoms with van der Waals surface area (Å²) in [7, 11) is 1.58. The molecule has 0 aromatic heterocycles. The van der Waals surface area contributed by atoms with Crippen molar-refractivity contribution in [3.05, 3.63) is 59.2 Å². The van der Waals surface area contributed by atoms with Crippen LogP contribution in [-0.4, -0.2) is 24.7 Å². The molecule has 0 aliphatic rings. The number of nitriles is 1. The standard InChI is InChI=1S/C20H20N2O4/c1-3-26-19-11-15(6-9-18(19)23)10-16(12-21)20(24)22-13-14-4-7-17(25-2)8-5-14/h4-11,23H,3,13H2,1-2H3,(H,22,24)/b16-10-. The summed E-state index contributed by atoms with van der Waals surface area (Å²) in [4.78, 5) is 12.2. The van der Waals surface area contributed by atoms with Crippen LogP contribution in [0.5, 0.6) is 17.2 Å². The van der Waals surface area contributed by atoms with E-state index in [1.165, 1.54) is 12.1 Å². The predicted molar refractivity (Wildman–Crippen MR) is 97.7 cm³/mol. The number of phenolic OH excluding ortho intramolecular Hbond substituents is 1. The molecule has 0 aliphatic carbocycles. The second-order valence-corrected chi connectivity index (χ2v) is 5.36. The van der Waals surface area contributed by atoms with Crippen molar-refractivity contribution in [3.8, 4) is 23.3 Å². The average Bonchev–Trinajstić information content (AvgIpc) is 2.67. The van der Waals surface area contributed by atoms with Crippen LogP contribution >= 0.6 is 0 Å². The van der Waals surface area contributed by atoms with Crippen LogP contribution in [0.3, 0.4) is 0 Å². The largest absolute Gasteiger partial charge is 0.504 e. The third-order valence-electron chi connectivity index (χ3n) is 3.57. The number of hydrogen-bond donors (Lipinski definition) is 2. The summed E-state index contributed by atoms with van der Waals surface area (Å²) in [6.45, 7) is 2.49. The van der Waals surface area contributed by atoms with Gasteiger partial charge >= 0.3 is 0 Å². The number of amides is 1. The minimum Gasteiger partial charge on any atom is -0.504 e. The van der Waals surface area contributed by atoms with E-state index in [2.05, 4.69) is 5.32 Å². The molecule has 6 nitrogen and oxygen atoms in total. The Morgan fingerprint density at radius 2 is 2.00 bits per heavy atom. The molecule has 0 fully saturated rings. The summed E-state index contributed by atoms with van der Waals surface area (Å²) in [5.74, 6) is 0.563. The molecule has 2 aromatic carbocycles. The van der Waals surface area contributed by atoms with Gasteiger partial charge in [-0.05, 0) is 48.4 Å². The van der Waals surface area contributed by atoms with E-state index in [1.54, 1.807) is 38.3 Å². The first-order chi connectivity index (χ1) is 12.6. The quantitative estimate of drug-likeness (QED) is 0.590. The number of carbonyl (C=O) groups is 1. The van der Waals surface area contributed by atoms with Gasteiger partial charge in [0.05, 0.1) is 13.7 Å². The van der Waals surface area contributed by atoms with Crippen LogP contribution in [0.15, 0.2) is 48.0 Å². The Bertz CT molecular complexity index is 836. The van der Waals surface area contributed by atoms with Gasteiger partial charge in [0.25, 0.3) is 5.91 Å². The second kappa shape index (κ2) is 9.14. The van der Waals surface area contributed by atoms with Crippen LogP contribution in [0.2, 0.25) is 0 Å². The van der Waals surface area contributed by atoms with Gasteiger partial charge in [0.15, 0.2) is 11.5 Å². The Balaban J connectivity index is 2.08. The fourth-order valence-electron chi connectivity index (χ4n) is 2.23. The topological polar surface area (TPSA) is 91.6 Å². The molecule has 0 atom stereocenters. The Morgan fingerprint density at radius 1 is 1.27 bits per heavy atom. The van der Waals surface area contributed by atoms with Gasteiger partial charge in [-0.25, -0.2) is 0 Å². The number of ether oxygens (including phenoxy) is 2. The number of methoxy groups -OCH3 is 1. The highest BCUT2D eigenvalue weighted by molar-refractivity contribution is 6.01. The van der Waals surface area contributed by atoms with E-state index in [-0.39, 0.29) is 11.3 Å². The SMILES string of the molecule is CCOc1cc(/C=C(/C#N)C(=O)NCc2ccc(OC)cc2)ccc1O. The predicted octanol–water partition coefficient (Wildman–Crippen LogP) is 3.02. The van der Waals surface area contributed by atoms with Crippen LogP contribution in [0.1, 0.15) is 18.1 Å². The molecule has 26 heavy (non-hydrogen) atoms. The van der Waals surface area contributed by atoms with Crippen LogP contribution in [0.25, 0.3) is 6.08 Å². The summed E-state index contributed by atoms with van der Waals surface area (Å²) >= 11 is 0. The van der Waals surface area contributed by atoms with Crippen molar-refractivity contribution >= 4 is 12.0 Å². The van der Waals surface area contributed by atoms with E-state index >= 15 is 0 Å². The number of hydrogen-bond acceptors (Lipinski definition) is 5. The number of rotatable bonds is 7. The van der Waals surface area contributed by atoms with Crippen LogP contribution in [0, 0.1) is 11.3 Å². The zero-order valence-corrected chi connectivity index (χ0v) is 14.7. The second-order valence-electron chi connectivity index (χ2n) is 5.36. The molecule has 6 heteroatoms. The highest BCUT2D eigenvalue weighted by Crippen LogP contribution is 2.27. The lowest BCUT2D eigenvalue weighted by molar-refractivity contribution is -0.117. The summed E-state index contributed by atoms with van der Waals surface area (Å²) in [5.41, 5.74) is 1.44. The highest BCUT2D eigenvalue weighted by Gasteiger charge is 2.10. The molecule has 0 aliphatic heterocycles. The number of nitrogens with zero attached hydrogens (tertiary/aromatic N) is 1. The molecule has 1 amide bonds. The molecule has 0 bridgehead atoms. The van der Waals surface area contributed by atoms with Gasteiger partial charge in [-0.3, -0.25) is 4.79 Å². The molecule has 0 heterocycles. The normalized spacial score (nSPS) is 10.7. The van der Waals surface area contributed by atoms with Gasteiger partial charge in [-0.2, -0.15) is 5.26 Å². The Hall–Kier alpha value is -3.46. The van der Waals surface area contributed by atoms with Crippen molar-refractivity contribution in [1.82, 2.24) is 5.32 Å². The van der Waals surface area contributed by atoms with Gasteiger partial charge in [0.1, 0.15) is 17.4 Å². The minimum absolute atomic E-state index is 0.00599. The van der Waals surface area contributed by atoms with E-state index < -0.39 is 5.91 Å². The maximum Gasteiger partial charge on any atom is 0.262 e. The van der Waals surface area contributed by atoms with Crippen molar-refractivity contribution in [1.29, 1.82) is 5.26 Å². The first kappa shape index (κ1) is 18.9. The minimum atomic E-state index is -0.477. The van der Waals surface area contributed by atoms with Gasteiger partial charge in [0, 0.05) is 6.54 Å². The zero-order valence-electron chi connectivity index (χ0n) is 14.7. The van der Waals surface area contributed by atoms with E-state index in [0.717, 1.165) is 11.3 Å². The van der Waals surface area contributed by atoms with Crippen LogP contribution in [-0.2, 0) is 11.3 Å². The average molecular weight is 352 g/mol. The number of nitrogens with one attached hydrogen (secondary N) is 1. The van der Waals surface area contributed by atoms with Gasteiger partial charge in [0.2, 0.25) is 0 Å². The third kappa shape index (κ3) is 5.02. The first-order valence-corrected chi connectivity index (χ1v) is 8.06. The molecular formula is C20H20N2O4. The van der Waals surface area contributed by atoms with Gasteiger partial charge in [-0.1, -0.05) is 18.2 Å². The molecule has 0 spiro atoms. The molecule has 0 unspecified atom stereocenters. The Labute approximate surface area is 152 Å². The molecule has 2 aromatic rings. The van der Waals surface area contributed by atoms with Gasteiger partial charge < -0.3 is 19.9 Å². The van der Waals surface area contributed by atoms with Crippen LogP contribution < -0.4 is 14.8 Å². The smallest absolute Gasteiger partial charge is 0.262 e. The zero-order chi connectivity index (χ0) is 18.9. The third-order valence-corrected chi connectivity index (χ3v) is 3.57. The van der Waals surface area contributed by atoms with Gasteiger partial charge in [-0.15, -0.1) is 0 Å². The summed E-state index contributed by atoms with van der Waals surface area (Å²) in [6.07, 6.45) is 1.45. The Morgan fingerprint density at radius 3 is 2.62 bits per heavy atom. The molecule has 0 radical (unpaired) electrons. The molecule has 0 saturated heterocycles. The van der Waals surface area contributed by atoms with E-state index in [4.69, 9.17) is 9.47 Å². The Kier molecular flexibility index (Phi) is 6.63. The van der Waals surface area contributed by atoms with E-state index in [0.29, 0.717) is 24.5 Å². The van der Waals surface area contributed by atoms with E-state index in [9.17, 15) is 15.2 Å². The van der Waals surface area contributed by atoms with Crippen molar-refractivity contribution in [3.63, 3.8) is 0 Å². The van der Waals surface area contributed by atoms with Crippen molar-refractivity contribution in [2.45, 2.75) is 13.5 Å². The van der Waals surface area contributed by atoms with Crippen molar-refractivity contribution in [2.24, 2.45) is 0 Å². The monoisotopic (exact) mass is 352 g/mol. The number of aromatic hydroxyl groups is 1. The lowest BCUT2D eigenvalue weighted by Crippen LogP contribution is -2.23. The first-order valence-electron chi connectivity index (χ1n) is 8.06. The number of carbonyl (C=O) groups excluding carboxylic acids is 1. The van der Waals surface area contributed by atoms with Crippen molar-refractivity contribution in [2.75, 3.05) is 13.7 Å². The molecule has 2 rings (SSSR count). The lowest BCUT2D eigenvalue weighted by atomic mass is 10.1. The fourth-order valence-corrected chi connectivity index (χ4v) is 2.23. The highest BCUT2D eigenvalue weighted by atomic mass is 16.5. The summed E-state index contributed by atoms with van der Waals surface area (Å²) < 4.78 is 10.4. The molecule has 134 valence electrons. The van der Waals surface area contributed by atoms with E-state index in [1.807, 2.05) is 18.2 Å². The molecular weight excluding hydrogens is 332 g/mol. The fraction of sp³-hybridized carbons (Fsp3) is 0.200. The number of benzene rings is 2. The molecule has 2 N–H and O–H groups in total. The molecule has 0 saturated carbocycles. The lowest BCUT2D eigenvalue weighted by Gasteiger charge is -2.07. The summed E-state index contributed by atoms with van der Waals surface area (Å²) in [5, 5.41) is 21.7. The summed E-state index contributed by atoms with van der Waals surface area (Å²) in [6, 6.07) is 13.8. The van der Waals surface area contributed by atoms with Crippen molar-refractivity contribution < 1.29 is 19.4 Å². The number of phenols is 1. The maximum atomic E-state index is 12.2. The van der Waals surface area contributed by atoms with Crippen LogP contribution in [0.4, 0.5) is 0 Å². The maximum absolute atomic E-state index is 12.2.